The van der Waals surface area contributed by atoms with Crippen molar-refractivity contribution in [2.45, 2.75) is 6.18 Å². The molecule has 0 aliphatic rings. The van der Waals surface area contributed by atoms with Crippen LogP contribution >= 0.6 is 0 Å². The number of alkyl halides is 3. The Labute approximate surface area is 67.0 Å². The van der Waals surface area contributed by atoms with Crippen LogP contribution in [-0.4, -0.2) is 17.8 Å². The van der Waals surface area contributed by atoms with Crippen LogP contribution in [0.5, 0.6) is 5.75 Å². The molecule has 0 aliphatic heterocycles. The molecule has 0 unspecified atom stereocenters. The molecule has 1 radical (unpaired) electrons. The van der Waals surface area contributed by atoms with Crippen molar-refractivity contribution in [3.63, 3.8) is 0 Å². The summed E-state index contributed by atoms with van der Waals surface area (Å²) in [6, 6.07) is 2.83. The second kappa shape index (κ2) is 3.42. The van der Waals surface area contributed by atoms with Gasteiger partial charge >= 0.3 is 6.18 Å². The van der Waals surface area contributed by atoms with Gasteiger partial charge in [-0.05, 0) is 12.1 Å². The lowest BCUT2D eigenvalue weighted by Crippen LogP contribution is -2.19. The van der Waals surface area contributed by atoms with Crippen molar-refractivity contribution in [2.24, 2.45) is 0 Å². The third-order valence-corrected chi connectivity index (χ3v) is 0.974. The molecule has 0 fully saturated rings. The molecule has 0 amide bonds. The van der Waals surface area contributed by atoms with E-state index in [2.05, 4.69) is 15.9 Å². The van der Waals surface area contributed by atoms with Gasteiger partial charge in [0.05, 0.1) is 0 Å². The van der Waals surface area contributed by atoms with E-state index in [9.17, 15) is 13.2 Å². The summed E-state index contributed by atoms with van der Waals surface area (Å²) in [6.07, 6.45) is -0.644. The summed E-state index contributed by atoms with van der Waals surface area (Å²) in [7, 11) is 0. The van der Waals surface area contributed by atoms with Gasteiger partial charge < -0.3 is 4.74 Å². The minimum atomic E-state index is -4.32. The molecular weight excluding hydrogens is 171 g/mol. The fourth-order valence-corrected chi connectivity index (χ4v) is 0.552. The maximum atomic E-state index is 11.6. The van der Waals surface area contributed by atoms with Crippen LogP contribution in [-0.2, 0) is 0 Å². The topological polar surface area (TPSA) is 22.1 Å². The van der Waals surface area contributed by atoms with Gasteiger partial charge in [0, 0.05) is 6.20 Å². The third-order valence-electron chi connectivity index (χ3n) is 0.974. The normalized spacial score (nSPS) is 11.2. The molecule has 1 rings (SSSR count). The van der Waals surface area contributed by atoms with Crippen LogP contribution in [0.1, 0.15) is 0 Å². The predicted molar refractivity (Wildman–Crippen MR) is 34.6 cm³/mol. The van der Waals surface area contributed by atoms with E-state index in [4.69, 9.17) is 0 Å². The summed E-state index contributed by atoms with van der Waals surface area (Å²) >= 11 is 0. The predicted octanol–water partition coefficient (Wildman–Crippen LogP) is 1.82. The van der Waals surface area contributed by atoms with Crippen LogP contribution in [0.15, 0.2) is 18.3 Å². The summed E-state index contributed by atoms with van der Waals surface area (Å²) in [6.45, 7) is -1.31. The molecule has 0 spiro atoms. The lowest BCUT2D eigenvalue weighted by molar-refractivity contribution is -0.153. The minimum Gasteiger partial charge on any atom is -0.482 e. The van der Waals surface area contributed by atoms with Crippen molar-refractivity contribution in [3.05, 3.63) is 24.5 Å². The molecule has 0 saturated carbocycles. The Bertz CT molecular complexity index is 234. The van der Waals surface area contributed by atoms with Gasteiger partial charge in [-0.25, -0.2) is 0 Å². The van der Waals surface area contributed by atoms with E-state index in [1.54, 1.807) is 0 Å². The van der Waals surface area contributed by atoms with Gasteiger partial charge in [-0.3, -0.25) is 4.98 Å². The standard InChI is InChI=1S/C7H5F3NO/c8-7(9,10)5-12-6-2-1-3-11-4-6/h1-3H,5H2. The second-order valence-electron chi connectivity index (χ2n) is 2.02. The van der Waals surface area contributed by atoms with E-state index in [0.717, 1.165) is 0 Å². The van der Waals surface area contributed by atoms with Crippen molar-refractivity contribution < 1.29 is 17.9 Å². The number of aromatic nitrogens is 1. The number of hydrogen-bond donors (Lipinski definition) is 0. The number of nitrogens with zero attached hydrogens (tertiary/aromatic N) is 1. The van der Waals surface area contributed by atoms with Crippen LogP contribution in [0.2, 0.25) is 0 Å². The first kappa shape index (κ1) is 8.83. The number of pyridine rings is 1. The lowest BCUT2D eigenvalue weighted by atomic mass is 10.5. The van der Waals surface area contributed by atoms with Crippen molar-refractivity contribution in [1.29, 1.82) is 0 Å². The fraction of sp³-hybridized carbons (Fsp3) is 0.286. The maximum absolute atomic E-state index is 11.6. The molecule has 0 saturated heterocycles. The Morgan fingerprint density at radius 1 is 1.50 bits per heavy atom. The number of halogens is 3. The Kier molecular flexibility index (Phi) is 2.52. The highest BCUT2D eigenvalue weighted by atomic mass is 19.4. The summed E-state index contributed by atoms with van der Waals surface area (Å²) in [4.78, 5) is 3.47. The first-order chi connectivity index (χ1) is 5.58. The molecule has 0 aromatic carbocycles. The van der Waals surface area contributed by atoms with Crippen molar-refractivity contribution in [1.82, 2.24) is 4.98 Å². The zero-order valence-corrected chi connectivity index (χ0v) is 5.93. The molecule has 5 heteroatoms. The molecule has 12 heavy (non-hydrogen) atoms. The molecule has 1 heterocycles. The van der Waals surface area contributed by atoms with Crippen LogP contribution in [0, 0.1) is 6.20 Å². The quantitative estimate of drug-likeness (QED) is 0.685. The first-order valence-corrected chi connectivity index (χ1v) is 3.10. The van der Waals surface area contributed by atoms with Gasteiger partial charge in [-0.2, -0.15) is 13.2 Å². The zero-order chi connectivity index (χ0) is 9.03. The summed E-state index contributed by atoms with van der Waals surface area (Å²) < 4.78 is 39.1. The first-order valence-electron chi connectivity index (χ1n) is 3.10. The Hall–Kier alpha value is -1.26. The zero-order valence-electron chi connectivity index (χ0n) is 5.93. The van der Waals surface area contributed by atoms with Gasteiger partial charge in [-0.15, -0.1) is 0 Å². The van der Waals surface area contributed by atoms with E-state index in [0.29, 0.717) is 0 Å². The molecule has 0 atom stereocenters. The van der Waals surface area contributed by atoms with Crippen molar-refractivity contribution in [2.75, 3.05) is 6.61 Å². The molecule has 2 nitrogen and oxygen atoms in total. The SMILES string of the molecule is FC(F)(F)COc1[c]nccc1. The lowest BCUT2D eigenvalue weighted by Gasteiger charge is -2.07. The van der Waals surface area contributed by atoms with E-state index in [1.807, 2.05) is 0 Å². The van der Waals surface area contributed by atoms with E-state index in [1.165, 1.54) is 18.3 Å². The average molecular weight is 176 g/mol. The van der Waals surface area contributed by atoms with Crippen LogP contribution in [0.4, 0.5) is 13.2 Å². The van der Waals surface area contributed by atoms with Gasteiger partial charge in [0.1, 0.15) is 11.9 Å². The molecule has 0 N–H and O–H groups in total. The Balaban J connectivity index is 2.44. The highest BCUT2D eigenvalue weighted by Gasteiger charge is 2.28. The third kappa shape index (κ3) is 3.23. The van der Waals surface area contributed by atoms with Crippen LogP contribution in [0.3, 0.4) is 0 Å². The highest BCUT2D eigenvalue weighted by molar-refractivity contribution is 5.13. The molecule has 1 aromatic heterocycles. The average Bonchev–Trinajstić information content (AvgIpc) is 2.02. The van der Waals surface area contributed by atoms with Crippen LogP contribution < -0.4 is 4.74 Å². The minimum absolute atomic E-state index is 0.00479. The van der Waals surface area contributed by atoms with Crippen molar-refractivity contribution in [3.8, 4) is 5.75 Å². The molecule has 0 bridgehead atoms. The molecular formula is C7H5F3NO. The summed E-state index contributed by atoms with van der Waals surface area (Å²) in [5, 5.41) is 0. The van der Waals surface area contributed by atoms with E-state index < -0.39 is 12.8 Å². The monoisotopic (exact) mass is 176 g/mol. The number of ether oxygens (including phenoxy) is 1. The molecule has 65 valence electrons. The van der Waals surface area contributed by atoms with Gasteiger partial charge in [0.25, 0.3) is 0 Å². The molecule has 1 aromatic rings. The smallest absolute Gasteiger partial charge is 0.422 e. The summed E-state index contributed by atoms with van der Waals surface area (Å²) in [5.74, 6) is -0.00479. The van der Waals surface area contributed by atoms with Crippen LogP contribution in [0.25, 0.3) is 0 Å². The van der Waals surface area contributed by atoms with E-state index >= 15 is 0 Å². The summed E-state index contributed by atoms with van der Waals surface area (Å²) in [5.41, 5.74) is 0. The van der Waals surface area contributed by atoms with Gasteiger partial charge in [0.15, 0.2) is 6.61 Å². The largest absolute Gasteiger partial charge is 0.482 e. The number of rotatable bonds is 2. The number of hydrogen-bond acceptors (Lipinski definition) is 2. The molecule has 0 aliphatic carbocycles. The van der Waals surface area contributed by atoms with Crippen molar-refractivity contribution >= 4 is 0 Å². The highest BCUT2D eigenvalue weighted by Crippen LogP contribution is 2.16. The maximum Gasteiger partial charge on any atom is 0.422 e. The fourth-order valence-electron chi connectivity index (χ4n) is 0.552. The van der Waals surface area contributed by atoms with Gasteiger partial charge in [0.2, 0.25) is 0 Å². The Morgan fingerprint density at radius 2 is 2.25 bits per heavy atom. The second-order valence-corrected chi connectivity index (χ2v) is 2.02. The van der Waals surface area contributed by atoms with Gasteiger partial charge in [-0.1, -0.05) is 0 Å². The Morgan fingerprint density at radius 3 is 2.75 bits per heavy atom. The van der Waals surface area contributed by atoms with E-state index in [-0.39, 0.29) is 5.75 Å².